The number of rotatable bonds is 2. The predicted octanol–water partition coefficient (Wildman–Crippen LogP) is 5.67. The second-order valence-electron chi connectivity index (χ2n) is 9.04. The topological polar surface area (TPSA) is 37.4 Å². The molecule has 0 unspecified atom stereocenters. The molecular weight excluding hydrogens is 427 g/mol. The van der Waals surface area contributed by atoms with Crippen LogP contribution in [0.3, 0.4) is 0 Å². The molecule has 3 aromatic carbocycles. The average molecular weight is 447 g/mol. The van der Waals surface area contributed by atoms with E-state index in [4.69, 9.17) is 0 Å². The molecule has 0 aromatic heterocycles. The van der Waals surface area contributed by atoms with Crippen LogP contribution in [0.1, 0.15) is 47.1 Å². The third kappa shape index (κ3) is 2.41. The number of amides is 2. The summed E-state index contributed by atoms with van der Waals surface area (Å²) in [4.78, 5) is 28.7. The second-order valence-corrected chi connectivity index (χ2v) is 9.04. The molecule has 4 aliphatic rings. The lowest BCUT2D eigenvalue weighted by molar-refractivity contribution is -0.137. The maximum absolute atomic E-state index is 13.9. The molecule has 3 aliphatic carbocycles. The Hall–Kier alpha value is -3.41. The van der Waals surface area contributed by atoms with E-state index in [0.717, 1.165) is 39.3 Å². The average Bonchev–Trinajstić information content (AvgIpc) is 3.09. The number of imide groups is 1. The third-order valence-corrected chi connectivity index (χ3v) is 7.78. The molecule has 3 nitrogen and oxygen atoms in total. The monoisotopic (exact) mass is 447 g/mol. The highest BCUT2D eigenvalue weighted by atomic mass is 19.4. The Labute approximate surface area is 188 Å². The van der Waals surface area contributed by atoms with Gasteiger partial charge in [0.1, 0.15) is 0 Å². The Bertz CT molecular complexity index is 1280. The van der Waals surface area contributed by atoms with Crippen molar-refractivity contribution in [2.24, 2.45) is 11.8 Å². The van der Waals surface area contributed by atoms with E-state index in [2.05, 4.69) is 0 Å². The van der Waals surface area contributed by atoms with E-state index in [0.29, 0.717) is 6.42 Å². The van der Waals surface area contributed by atoms with Crippen molar-refractivity contribution in [3.8, 4) is 0 Å². The second kappa shape index (κ2) is 6.56. The van der Waals surface area contributed by atoms with Crippen molar-refractivity contribution in [2.75, 3.05) is 4.90 Å². The summed E-state index contributed by atoms with van der Waals surface area (Å²) >= 11 is 0. The van der Waals surface area contributed by atoms with Crippen molar-refractivity contribution in [2.45, 2.75) is 30.9 Å². The summed E-state index contributed by atoms with van der Waals surface area (Å²) in [5.41, 5.74) is 2.56. The highest BCUT2D eigenvalue weighted by molar-refractivity contribution is 6.23. The van der Waals surface area contributed by atoms with Gasteiger partial charge in [0.15, 0.2) is 0 Å². The van der Waals surface area contributed by atoms with E-state index < -0.39 is 40.8 Å². The molecule has 1 heterocycles. The van der Waals surface area contributed by atoms with Crippen molar-refractivity contribution in [3.05, 3.63) is 101 Å². The first-order valence-electron chi connectivity index (χ1n) is 11.0. The van der Waals surface area contributed by atoms with Gasteiger partial charge in [-0.15, -0.1) is 0 Å². The zero-order valence-electron chi connectivity index (χ0n) is 17.8. The number of carbonyl (C=O) groups excluding carboxylic acids is 2. The molecule has 0 radical (unpaired) electrons. The van der Waals surface area contributed by atoms with Crippen molar-refractivity contribution >= 4 is 17.5 Å². The molecule has 2 atom stereocenters. The lowest BCUT2D eigenvalue weighted by atomic mass is 9.46. The standard InChI is InChI=1S/C27H20F3NO2/c1-2-26-19-12-5-3-10-17(19)21(18-11-4-6-13-20(18)26)22-23(26)25(33)31(24(22)32)16-9-7-8-15(14-16)27(28,29)30/h3-14,21-23H,2H2,1H3/t21?,22-,23-,26?/m0/s1. The first kappa shape index (κ1) is 20.2. The molecule has 2 amide bonds. The van der Waals surface area contributed by atoms with E-state index >= 15 is 0 Å². The number of hydrogen-bond acceptors (Lipinski definition) is 2. The van der Waals surface area contributed by atoms with Gasteiger partial charge in [-0.2, -0.15) is 13.2 Å². The Morgan fingerprint density at radius 1 is 0.848 bits per heavy atom. The normalized spacial score (nSPS) is 27.4. The van der Waals surface area contributed by atoms with Crippen LogP contribution in [0.15, 0.2) is 72.8 Å². The third-order valence-electron chi connectivity index (χ3n) is 7.78. The van der Waals surface area contributed by atoms with Crippen molar-refractivity contribution in [3.63, 3.8) is 0 Å². The molecule has 0 N–H and O–H groups in total. The van der Waals surface area contributed by atoms with Crippen LogP contribution in [-0.2, 0) is 21.2 Å². The van der Waals surface area contributed by atoms with Crippen molar-refractivity contribution in [1.29, 1.82) is 0 Å². The van der Waals surface area contributed by atoms with Gasteiger partial charge in [0.2, 0.25) is 11.8 Å². The van der Waals surface area contributed by atoms with Crippen LogP contribution in [0, 0.1) is 11.8 Å². The molecule has 0 spiro atoms. The Balaban J connectivity index is 1.59. The molecule has 3 aromatic rings. The summed E-state index contributed by atoms with van der Waals surface area (Å²) in [6, 6.07) is 20.4. The summed E-state index contributed by atoms with van der Waals surface area (Å²) in [6.07, 6.45) is -3.96. The molecule has 1 saturated heterocycles. The van der Waals surface area contributed by atoms with Gasteiger partial charge in [-0.25, -0.2) is 4.90 Å². The van der Waals surface area contributed by atoms with E-state index in [1.54, 1.807) is 0 Å². The quantitative estimate of drug-likeness (QED) is 0.475. The minimum absolute atomic E-state index is 0.0204. The predicted molar refractivity (Wildman–Crippen MR) is 117 cm³/mol. The highest BCUT2D eigenvalue weighted by Gasteiger charge is 2.67. The molecule has 1 fully saturated rings. The summed E-state index contributed by atoms with van der Waals surface area (Å²) < 4.78 is 40.1. The van der Waals surface area contributed by atoms with Crippen LogP contribution in [0.25, 0.3) is 0 Å². The fourth-order valence-electron chi connectivity index (χ4n) is 6.61. The molecule has 6 heteroatoms. The van der Waals surface area contributed by atoms with Crippen LogP contribution < -0.4 is 4.90 Å². The van der Waals surface area contributed by atoms with Crippen molar-refractivity contribution in [1.82, 2.24) is 0 Å². The summed E-state index contributed by atoms with van der Waals surface area (Å²) in [7, 11) is 0. The number of hydrogen-bond donors (Lipinski definition) is 0. The van der Waals surface area contributed by atoms with Crippen LogP contribution in [-0.4, -0.2) is 11.8 Å². The van der Waals surface area contributed by atoms with Gasteiger partial charge in [-0.3, -0.25) is 9.59 Å². The molecule has 33 heavy (non-hydrogen) atoms. The highest BCUT2D eigenvalue weighted by Crippen LogP contribution is 2.65. The summed E-state index contributed by atoms with van der Waals surface area (Å²) in [6.45, 7) is 2.01. The van der Waals surface area contributed by atoms with Crippen LogP contribution in [0.5, 0.6) is 0 Å². The minimum atomic E-state index is -4.56. The van der Waals surface area contributed by atoms with E-state index in [9.17, 15) is 22.8 Å². The zero-order valence-corrected chi connectivity index (χ0v) is 17.8. The van der Waals surface area contributed by atoms with Crippen molar-refractivity contribution < 1.29 is 22.8 Å². The SMILES string of the molecule is CCC12c3ccccc3C(c3ccccc31)[C@@H]1C(=O)N(c3cccc(C(F)(F)F)c3)C(=O)[C@H]12. The van der Waals surface area contributed by atoms with Gasteiger partial charge in [-0.1, -0.05) is 61.5 Å². The largest absolute Gasteiger partial charge is 0.416 e. The minimum Gasteiger partial charge on any atom is -0.274 e. The van der Waals surface area contributed by atoms with E-state index in [1.807, 2.05) is 55.5 Å². The smallest absolute Gasteiger partial charge is 0.274 e. The van der Waals surface area contributed by atoms with Gasteiger partial charge >= 0.3 is 6.18 Å². The number of benzene rings is 3. The first-order valence-corrected chi connectivity index (χ1v) is 11.0. The number of nitrogens with zero attached hydrogens (tertiary/aromatic N) is 1. The molecule has 1 aliphatic heterocycles. The van der Waals surface area contributed by atoms with Gasteiger partial charge in [0.05, 0.1) is 23.1 Å². The number of carbonyl (C=O) groups is 2. The molecule has 7 rings (SSSR count). The Kier molecular flexibility index (Phi) is 4.02. The Morgan fingerprint density at radius 2 is 1.45 bits per heavy atom. The number of anilines is 1. The fourth-order valence-corrected chi connectivity index (χ4v) is 6.61. The number of alkyl halides is 3. The maximum atomic E-state index is 13.9. The van der Waals surface area contributed by atoms with E-state index in [-0.39, 0.29) is 11.6 Å². The van der Waals surface area contributed by atoms with Gasteiger partial charge in [0.25, 0.3) is 0 Å². The van der Waals surface area contributed by atoms with Crippen LogP contribution in [0.4, 0.5) is 18.9 Å². The molecule has 0 saturated carbocycles. The summed E-state index contributed by atoms with van der Waals surface area (Å²) in [5.74, 6) is -2.43. The van der Waals surface area contributed by atoms with Crippen LogP contribution in [0.2, 0.25) is 0 Å². The molecular formula is C27H20F3NO2. The number of halogens is 3. The van der Waals surface area contributed by atoms with Gasteiger partial charge in [-0.05, 0) is 46.9 Å². The zero-order chi connectivity index (χ0) is 23.1. The van der Waals surface area contributed by atoms with Gasteiger partial charge < -0.3 is 0 Å². The Morgan fingerprint density at radius 3 is 2.03 bits per heavy atom. The van der Waals surface area contributed by atoms with Gasteiger partial charge in [0, 0.05) is 11.3 Å². The lowest BCUT2D eigenvalue weighted by Crippen LogP contribution is -2.53. The first-order chi connectivity index (χ1) is 15.8. The fraction of sp³-hybridized carbons (Fsp3) is 0.259. The van der Waals surface area contributed by atoms with Crippen LogP contribution >= 0.6 is 0 Å². The van der Waals surface area contributed by atoms with E-state index in [1.165, 1.54) is 12.1 Å². The maximum Gasteiger partial charge on any atom is 0.416 e. The molecule has 2 bridgehead atoms. The summed E-state index contributed by atoms with van der Waals surface area (Å²) in [5, 5.41) is 0. The lowest BCUT2D eigenvalue weighted by Gasteiger charge is -2.54. The molecule has 166 valence electrons.